The molecule has 3 aromatic carbocycles. The summed E-state index contributed by atoms with van der Waals surface area (Å²) >= 11 is 2.25. The highest BCUT2D eigenvalue weighted by atomic mass is 127. The Bertz CT molecular complexity index is 1110. The lowest BCUT2D eigenvalue weighted by Crippen LogP contribution is -2.43. The molecule has 0 aliphatic heterocycles. The maximum Gasteiger partial charge on any atom is 0.340 e. The van der Waals surface area contributed by atoms with Crippen molar-refractivity contribution in [2.75, 3.05) is 0 Å². The Morgan fingerprint density at radius 2 is 1.59 bits per heavy atom. The van der Waals surface area contributed by atoms with Crippen LogP contribution in [0.4, 0.5) is 5.69 Å². The molecule has 0 aliphatic carbocycles. The SMILES string of the molecule is O=[N+]([O-])c1ccc(-n2nc(-c3ccccc3)n[n+]2-c2ccccc2I)cc1. The van der Waals surface area contributed by atoms with Crippen molar-refractivity contribution in [1.29, 1.82) is 0 Å². The fourth-order valence-corrected chi connectivity index (χ4v) is 3.23. The van der Waals surface area contributed by atoms with Gasteiger partial charge < -0.3 is 0 Å². The van der Waals surface area contributed by atoms with Gasteiger partial charge in [-0.15, -0.1) is 0 Å². The van der Waals surface area contributed by atoms with E-state index in [9.17, 15) is 10.1 Å². The molecule has 8 heteroatoms. The summed E-state index contributed by atoms with van der Waals surface area (Å²) in [6.07, 6.45) is 0. The smallest absolute Gasteiger partial charge is 0.258 e. The van der Waals surface area contributed by atoms with Crippen molar-refractivity contribution < 1.29 is 9.72 Å². The number of halogens is 1. The predicted molar refractivity (Wildman–Crippen MR) is 108 cm³/mol. The fourth-order valence-electron chi connectivity index (χ4n) is 2.63. The average molecular weight is 470 g/mol. The first-order valence-corrected chi connectivity index (χ1v) is 9.16. The van der Waals surface area contributed by atoms with Gasteiger partial charge in [0.2, 0.25) is 0 Å². The highest BCUT2D eigenvalue weighted by Crippen LogP contribution is 2.18. The van der Waals surface area contributed by atoms with Gasteiger partial charge in [-0.3, -0.25) is 10.1 Å². The number of tetrazole rings is 1. The van der Waals surface area contributed by atoms with Gasteiger partial charge in [-0.05, 0) is 68.9 Å². The molecule has 0 atom stereocenters. The number of non-ortho nitro benzene ring substituents is 1. The maximum absolute atomic E-state index is 10.9. The minimum atomic E-state index is -0.422. The third-order valence-electron chi connectivity index (χ3n) is 3.95. The van der Waals surface area contributed by atoms with Gasteiger partial charge in [0.25, 0.3) is 5.69 Å². The Morgan fingerprint density at radius 3 is 2.26 bits per heavy atom. The van der Waals surface area contributed by atoms with Gasteiger partial charge in [-0.1, -0.05) is 30.3 Å². The Morgan fingerprint density at radius 1 is 0.926 bits per heavy atom. The third kappa shape index (κ3) is 3.43. The molecule has 0 spiro atoms. The zero-order valence-electron chi connectivity index (χ0n) is 13.9. The van der Waals surface area contributed by atoms with Crippen molar-refractivity contribution in [2.24, 2.45) is 0 Å². The lowest BCUT2D eigenvalue weighted by Gasteiger charge is -2.01. The maximum atomic E-state index is 10.9. The number of nitro benzene ring substituents is 1. The molecule has 0 bridgehead atoms. The second kappa shape index (κ2) is 7.23. The molecule has 0 saturated carbocycles. The quantitative estimate of drug-likeness (QED) is 0.197. The number of hydrogen-bond acceptors (Lipinski definition) is 4. The summed E-state index contributed by atoms with van der Waals surface area (Å²) in [7, 11) is 0. The second-order valence-electron chi connectivity index (χ2n) is 5.69. The number of benzene rings is 3. The summed E-state index contributed by atoms with van der Waals surface area (Å²) < 4.78 is 1.01. The molecule has 0 aliphatic rings. The van der Waals surface area contributed by atoms with Crippen LogP contribution in [-0.2, 0) is 0 Å². The van der Waals surface area contributed by atoms with Crippen LogP contribution in [0, 0.1) is 13.7 Å². The fraction of sp³-hybridized carbons (Fsp3) is 0. The van der Waals surface area contributed by atoms with Crippen LogP contribution in [0.3, 0.4) is 0 Å². The Kier molecular flexibility index (Phi) is 4.63. The predicted octanol–water partition coefficient (Wildman–Crippen LogP) is 3.72. The molecule has 0 amide bonds. The summed E-state index contributed by atoms with van der Waals surface area (Å²) in [4.78, 5) is 13.9. The van der Waals surface area contributed by atoms with Crippen LogP contribution in [0.25, 0.3) is 22.8 Å². The molecule has 7 nitrogen and oxygen atoms in total. The minimum absolute atomic E-state index is 0.0305. The molecule has 27 heavy (non-hydrogen) atoms. The van der Waals surface area contributed by atoms with Gasteiger partial charge in [0.15, 0.2) is 5.69 Å². The summed E-state index contributed by atoms with van der Waals surface area (Å²) in [5, 5.41) is 20.2. The van der Waals surface area contributed by atoms with E-state index in [1.807, 2.05) is 54.6 Å². The van der Waals surface area contributed by atoms with Gasteiger partial charge in [0.05, 0.1) is 19.2 Å². The molecule has 0 N–H and O–H groups in total. The van der Waals surface area contributed by atoms with Gasteiger partial charge >= 0.3 is 5.82 Å². The van der Waals surface area contributed by atoms with Crippen molar-refractivity contribution in [2.45, 2.75) is 0 Å². The van der Waals surface area contributed by atoms with Crippen molar-refractivity contribution in [3.8, 4) is 22.8 Å². The summed E-state index contributed by atoms with van der Waals surface area (Å²) in [5.41, 5.74) is 2.46. The molecular weight excluding hydrogens is 457 g/mol. The topological polar surface area (TPSA) is 77.7 Å². The number of nitro groups is 1. The lowest BCUT2D eigenvalue weighted by molar-refractivity contribution is -0.735. The van der Waals surface area contributed by atoms with Crippen LogP contribution in [0.5, 0.6) is 0 Å². The normalized spacial score (nSPS) is 10.7. The van der Waals surface area contributed by atoms with E-state index in [0.717, 1.165) is 14.8 Å². The zero-order valence-corrected chi connectivity index (χ0v) is 16.1. The minimum Gasteiger partial charge on any atom is -0.258 e. The first kappa shape index (κ1) is 17.3. The zero-order chi connectivity index (χ0) is 18.8. The van der Waals surface area contributed by atoms with Gasteiger partial charge in [0, 0.05) is 16.9 Å². The third-order valence-corrected chi connectivity index (χ3v) is 4.86. The van der Waals surface area contributed by atoms with Crippen molar-refractivity contribution in [3.63, 3.8) is 0 Å². The highest BCUT2D eigenvalue weighted by molar-refractivity contribution is 14.1. The molecule has 1 aromatic heterocycles. The summed E-state index contributed by atoms with van der Waals surface area (Å²) in [6, 6.07) is 23.7. The molecular formula is C19H13IN5O2+. The van der Waals surface area contributed by atoms with Crippen molar-refractivity contribution in [3.05, 3.63) is 92.5 Å². The van der Waals surface area contributed by atoms with Crippen LogP contribution in [0.2, 0.25) is 0 Å². The average Bonchev–Trinajstić information content (AvgIpc) is 3.14. The number of nitrogens with zero attached hydrogens (tertiary/aromatic N) is 5. The number of aromatic nitrogens is 4. The Labute approximate surface area is 168 Å². The van der Waals surface area contributed by atoms with E-state index in [4.69, 9.17) is 0 Å². The summed E-state index contributed by atoms with van der Waals surface area (Å²) in [5.74, 6) is 0.564. The number of rotatable bonds is 4. The van der Waals surface area contributed by atoms with E-state index < -0.39 is 4.92 Å². The number of hydrogen-bond donors (Lipinski definition) is 0. The molecule has 0 radical (unpaired) electrons. The molecule has 132 valence electrons. The van der Waals surface area contributed by atoms with E-state index in [-0.39, 0.29) is 5.69 Å². The highest BCUT2D eigenvalue weighted by Gasteiger charge is 2.25. The molecule has 0 unspecified atom stereocenters. The van der Waals surface area contributed by atoms with Crippen LogP contribution in [-0.4, -0.2) is 19.9 Å². The Balaban J connectivity index is 1.90. The van der Waals surface area contributed by atoms with Gasteiger partial charge in [-0.25, -0.2) is 0 Å². The molecule has 0 fully saturated rings. The van der Waals surface area contributed by atoms with E-state index >= 15 is 0 Å². The lowest BCUT2D eigenvalue weighted by atomic mass is 10.2. The second-order valence-corrected chi connectivity index (χ2v) is 6.86. The first-order chi connectivity index (χ1) is 13.1. The standard InChI is InChI=1S/C19H13IN5O2/c20-17-8-4-5-9-18(17)24-22-19(14-6-2-1-3-7-14)21-23(24)15-10-12-16(13-11-15)25(26)27/h1-13H/q+1. The van der Waals surface area contributed by atoms with E-state index in [0.29, 0.717) is 11.5 Å². The molecule has 1 heterocycles. The summed E-state index contributed by atoms with van der Waals surface area (Å²) in [6.45, 7) is 0. The van der Waals surface area contributed by atoms with E-state index in [1.165, 1.54) is 12.1 Å². The van der Waals surface area contributed by atoms with E-state index in [2.05, 4.69) is 32.8 Å². The van der Waals surface area contributed by atoms with Crippen LogP contribution in [0.15, 0.2) is 78.9 Å². The monoisotopic (exact) mass is 470 g/mol. The van der Waals surface area contributed by atoms with Crippen LogP contribution < -0.4 is 4.80 Å². The van der Waals surface area contributed by atoms with Crippen LogP contribution in [0.1, 0.15) is 0 Å². The van der Waals surface area contributed by atoms with Crippen molar-refractivity contribution >= 4 is 28.3 Å². The molecule has 0 saturated heterocycles. The van der Waals surface area contributed by atoms with E-state index in [1.54, 1.807) is 21.7 Å². The molecule has 4 aromatic rings. The van der Waals surface area contributed by atoms with Crippen LogP contribution >= 0.6 is 22.6 Å². The molecule has 4 rings (SSSR count). The Hall–Kier alpha value is -3.14. The first-order valence-electron chi connectivity index (χ1n) is 8.08. The van der Waals surface area contributed by atoms with Gasteiger partial charge in [-0.2, -0.15) is 0 Å². The number of para-hydroxylation sites is 1. The largest absolute Gasteiger partial charge is 0.340 e. The van der Waals surface area contributed by atoms with Gasteiger partial charge in [0.1, 0.15) is 5.69 Å². The van der Waals surface area contributed by atoms with Crippen molar-refractivity contribution in [1.82, 2.24) is 15.0 Å².